The monoisotopic (exact) mass is 442 g/mol. The number of hydrogen-bond acceptors (Lipinski definition) is 3. The van der Waals surface area contributed by atoms with Gasteiger partial charge in [0.05, 0.1) is 5.92 Å². The molecule has 1 saturated heterocycles. The molecule has 0 spiro atoms. The van der Waals surface area contributed by atoms with Gasteiger partial charge < -0.3 is 14.6 Å². The Balaban J connectivity index is 1.44. The van der Waals surface area contributed by atoms with Crippen LogP contribution in [0.2, 0.25) is 10.2 Å². The van der Waals surface area contributed by atoms with Gasteiger partial charge in [0, 0.05) is 34.9 Å². The normalized spacial score (nSPS) is 16.3. The van der Waals surface area contributed by atoms with Crippen LogP contribution in [0.15, 0.2) is 65.1 Å². The highest BCUT2D eigenvalue weighted by atomic mass is 35.5. The van der Waals surface area contributed by atoms with Gasteiger partial charge in [-0.2, -0.15) is 0 Å². The molecule has 3 aromatic rings. The molecule has 2 amide bonds. The highest BCUT2D eigenvalue weighted by molar-refractivity contribution is 6.30. The number of nitrogens with one attached hydrogen (secondary N) is 1. The standard InChI is InChI=1S/C23H20Cl2N2O3/c24-18-6-8-19(9-7-18)26-22(28)17-5-2-12-27(14-17)23(29)16-4-1-3-15(13-16)20-10-11-21(25)30-20/h1,3-4,6-11,13,17H,2,5,12,14H2,(H,26,28). The Hall–Kier alpha value is -2.76. The number of amides is 2. The van der Waals surface area contributed by atoms with Gasteiger partial charge in [0.25, 0.3) is 5.91 Å². The van der Waals surface area contributed by atoms with Gasteiger partial charge in [-0.1, -0.05) is 23.7 Å². The van der Waals surface area contributed by atoms with Crippen molar-refractivity contribution in [2.75, 3.05) is 18.4 Å². The molecule has 0 bridgehead atoms. The van der Waals surface area contributed by atoms with E-state index in [1.54, 1.807) is 53.4 Å². The fraction of sp³-hybridized carbons (Fsp3) is 0.217. The van der Waals surface area contributed by atoms with Crippen LogP contribution in [0.3, 0.4) is 0 Å². The van der Waals surface area contributed by atoms with Crippen molar-refractivity contribution >= 4 is 40.7 Å². The molecule has 1 aromatic heterocycles. The van der Waals surface area contributed by atoms with Gasteiger partial charge in [-0.15, -0.1) is 0 Å². The fourth-order valence-electron chi connectivity index (χ4n) is 3.61. The topological polar surface area (TPSA) is 62.6 Å². The number of nitrogens with zero attached hydrogens (tertiary/aromatic N) is 1. The van der Waals surface area contributed by atoms with Crippen LogP contribution in [-0.4, -0.2) is 29.8 Å². The first-order valence-electron chi connectivity index (χ1n) is 9.71. The molecule has 1 N–H and O–H groups in total. The molecule has 0 saturated carbocycles. The summed E-state index contributed by atoms with van der Waals surface area (Å²) in [6, 6.07) is 17.7. The van der Waals surface area contributed by atoms with Gasteiger partial charge in [-0.25, -0.2) is 0 Å². The molecule has 154 valence electrons. The molecule has 7 heteroatoms. The number of furan rings is 1. The van der Waals surface area contributed by atoms with E-state index in [0.717, 1.165) is 18.4 Å². The Kier molecular flexibility index (Phi) is 6.11. The van der Waals surface area contributed by atoms with Crippen molar-refractivity contribution in [3.63, 3.8) is 0 Å². The first-order valence-corrected chi connectivity index (χ1v) is 10.5. The van der Waals surface area contributed by atoms with Crippen LogP contribution in [-0.2, 0) is 4.79 Å². The molecule has 1 fully saturated rings. The van der Waals surface area contributed by atoms with Gasteiger partial charge in [-0.05, 0) is 73.0 Å². The maximum absolute atomic E-state index is 13.1. The van der Waals surface area contributed by atoms with E-state index in [9.17, 15) is 9.59 Å². The van der Waals surface area contributed by atoms with Crippen LogP contribution in [0.5, 0.6) is 0 Å². The van der Waals surface area contributed by atoms with E-state index < -0.39 is 0 Å². The zero-order valence-electron chi connectivity index (χ0n) is 16.1. The smallest absolute Gasteiger partial charge is 0.253 e. The van der Waals surface area contributed by atoms with E-state index in [-0.39, 0.29) is 17.7 Å². The number of piperidine rings is 1. The quantitative estimate of drug-likeness (QED) is 0.559. The van der Waals surface area contributed by atoms with E-state index in [0.29, 0.717) is 40.3 Å². The number of hydrogen-bond donors (Lipinski definition) is 1. The summed E-state index contributed by atoms with van der Waals surface area (Å²) in [6.07, 6.45) is 1.52. The lowest BCUT2D eigenvalue weighted by molar-refractivity contribution is -0.121. The number of rotatable bonds is 4. The summed E-state index contributed by atoms with van der Waals surface area (Å²) in [5, 5.41) is 3.82. The number of benzene rings is 2. The first kappa shape index (κ1) is 20.5. The van der Waals surface area contributed by atoms with Crippen molar-refractivity contribution in [3.05, 3.63) is 76.5 Å². The predicted octanol–water partition coefficient (Wildman–Crippen LogP) is 5.74. The molecule has 4 rings (SSSR count). The highest BCUT2D eigenvalue weighted by Gasteiger charge is 2.29. The Morgan fingerprint density at radius 1 is 1.03 bits per heavy atom. The summed E-state index contributed by atoms with van der Waals surface area (Å²) in [5.41, 5.74) is 2.03. The van der Waals surface area contributed by atoms with Crippen molar-refractivity contribution in [2.45, 2.75) is 12.8 Å². The third-order valence-corrected chi connectivity index (χ3v) is 5.61. The average Bonchev–Trinajstić information content (AvgIpc) is 3.21. The summed E-state index contributed by atoms with van der Waals surface area (Å²) in [7, 11) is 0. The minimum Gasteiger partial charge on any atom is -0.445 e. The van der Waals surface area contributed by atoms with Crippen LogP contribution < -0.4 is 5.32 Å². The van der Waals surface area contributed by atoms with Crippen molar-refractivity contribution in [1.82, 2.24) is 4.90 Å². The highest BCUT2D eigenvalue weighted by Crippen LogP contribution is 2.27. The van der Waals surface area contributed by atoms with Crippen LogP contribution >= 0.6 is 23.2 Å². The summed E-state index contributed by atoms with van der Waals surface area (Å²) < 4.78 is 5.44. The Morgan fingerprint density at radius 2 is 1.83 bits per heavy atom. The number of anilines is 1. The molecule has 2 aromatic carbocycles. The summed E-state index contributed by atoms with van der Waals surface area (Å²) in [6.45, 7) is 1.01. The second-order valence-electron chi connectivity index (χ2n) is 7.27. The van der Waals surface area contributed by atoms with Gasteiger partial charge in [0.1, 0.15) is 5.76 Å². The number of carbonyl (C=O) groups excluding carboxylic acids is 2. The molecule has 30 heavy (non-hydrogen) atoms. The maximum Gasteiger partial charge on any atom is 0.253 e. The van der Waals surface area contributed by atoms with Crippen LogP contribution in [0.1, 0.15) is 23.2 Å². The van der Waals surface area contributed by atoms with Crippen molar-refractivity contribution in [3.8, 4) is 11.3 Å². The fourth-order valence-corrected chi connectivity index (χ4v) is 3.88. The second-order valence-corrected chi connectivity index (χ2v) is 8.08. The summed E-state index contributed by atoms with van der Waals surface area (Å²) in [5.74, 6) is 0.159. The zero-order chi connectivity index (χ0) is 21.1. The Morgan fingerprint density at radius 3 is 2.57 bits per heavy atom. The Bertz CT molecular complexity index is 1060. The Labute approximate surface area is 184 Å². The zero-order valence-corrected chi connectivity index (χ0v) is 17.6. The van der Waals surface area contributed by atoms with Gasteiger partial charge in [-0.3, -0.25) is 9.59 Å². The van der Waals surface area contributed by atoms with Crippen molar-refractivity contribution in [2.24, 2.45) is 5.92 Å². The van der Waals surface area contributed by atoms with Crippen LogP contribution in [0, 0.1) is 5.92 Å². The number of carbonyl (C=O) groups is 2. The minimum atomic E-state index is -0.259. The van der Waals surface area contributed by atoms with Gasteiger partial charge >= 0.3 is 0 Å². The molecule has 0 radical (unpaired) electrons. The lowest BCUT2D eigenvalue weighted by Crippen LogP contribution is -2.43. The lowest BCUT2D eigenvalue weighted by Gasteiger charge is -2.32. The number of halogens is 2. The maximum atomic E-state index is 13.1. The lowest BCUT2D eigenvalue weighted by atomic mass is 9.96. The molecular formula is C23H20Cl2N2O3. The third kappa shape index (κ3) is 4.69. The summed E-state index contributed by atoms with van der Waals surface area (Å²) in [4.78, 5) is 27.5. The molecule has 2 heterocycles. The first-order chi connectivity index (χ1) is 14.5. The van der Waals surface area contributed by atoms with E-state index in [4.69, 9.17) is 27.6 Å². The molecule has 0 aliphatic carbocycles. The molecule has 1 aliphatic rings. The van der Waals surface area contributed by atoms with Crippen LogP contribution in [0.25, 0.3) is 11.3 Å². The largest absolute Gasteiger partial charge is 0.445 e. The number of likely N-dealkylation sites (tertiary alicyclic amines) is 1. The predicted molar refractivity (Wildman–Crippen MR) is 118 cm³/mol. The molecule has 1 unspecified atom stereocenters. The third-order valence-electron chi connectivity index (χ3n) is 5.16. The van der Waals surface area contributed by atoms with E-state index in [1.165, 1.54) is 0 Å². The van der Waals surface area contributed by atoms with Crippen molar-refractivity contribution < 1.29 is 14.0 Å². The summed E-state index contributed by atoms with van der Waals surface area (Å²) >= 11 is 11.8. The minimum absolute atomic E-state index is 0.0891. The van der Waals surface area contributed by atoms with Gasteiger partial charge in [0.2, 0.25) is 5.91 Å². The van der Waals surface area contributed by atoms with Crippen molar-refractivity contribution in [1.29, 1.82) is 0 Å². The molecular weight excluding hydrogens is 423 g/mol. The second kappa shape index (κ2) is 8.94. The SMILES string of the molecule is O=C(Nc1ccc(Cl)cc1)C1CCCN(C(=O)c2cccc(-c3ccc(Cl)o3)c2)C1. The van der Waals surface area contributed by atoms with E-state index in [2.05, 4.69) is 5.32 Å². The molecule has 1 atom stereocenters. The van der Waals surface area contributed by atoms with E-state index in [1.807, 2.05) is 12.1 Å². The van der Waals surface area contributed by atoms with Crippen LogP contribution in [0.4, 0.5) is 5.69 Å². The van der Waals surface area contributed by atoms with E-state index >= 15 is 0 Å². The average molecular weight is 443 g/mol. The molecule has 1 aliphatic heterocycles. The van der Waals surface area contributed by atoms with Gasteiger partial charge in [0.15, 0.2) is 5.22 Å². The molecule has 5 nitrogen and oxygen atoms in total.